The van der Waals surface area contributed by atoms with Gasteiger partial charge in [-0.1, -0.05) is 0 Å². The number of rotatable bonds is 4. The Hall–Kier alpha value is -4.20. The molecule has 1 N–H and O–H groups in total. The maximum atomic E-state index is 13.3. The van der Waals surface area contributed by atoms with Crippen LogP contribution in [0, 0.1) is 13.8 Å². The van der Waals surface area contributed by atoms with Crippen molar-refractivity contribution in [1.29, 1.82) is 0 Å². The quantitative estimate of drug-likeness (QED) is 0.351. The number of aliphatic hydroxyl groups excluding tert-OH is 1. The molecule has 2 aliphatic rings. The second-order valence-corrected chi connectivity index (χ2v) is 8.15. The summed E-state index contributed by atoms with van der Waals surface area (Å²) in [7, 11) is 1.57. The smallest absolute Gasteiger partial charge is 0.300 e. The van der Waals surface area contributed by atoms with Crippen LogP contribution >= 0.6 is 0 Å². The number of aryl methyl sites for hydroxylation is 2. The summed E-state index contributed by atoms with van der Waals surface area (Å²) in [6, 6.07) is 10.9. The molecule has 3 heterocycles. The molecule has 5 rings (SSSR count). The van der Waals surface area contributed by atoms with Crippen molar-refractivity contribution in [2.75, 3.05) is 25.2 Å². The summed E-state index contributed by atoms with van der Waals surface area (Å²) in [5.41, 5.74) is 2.29. The monoisotopic (exact) mass is 461 g/mol. The summed E-state index contributed by atoms with van der Waals surface area (Å²) < 4.78 is 22.2. The van der Waals surface area contributed by atoms with E-state index >= 15 is 0 Å². The van der Waals surface area contributed by atoms with E-state index in [-0.39, 0.29) is 11.3 Å². The van der Waals surface area contributed by atoms with Gasteiger partial charge in [0.05, 0.1) is 18.9 Å². The van der Waals surface area contributed by atoms with Crippen molar-refractivity contribution in [3.05, 3.63) is 76.8 Å². The Morgan fingerprint density at radius 3 is 2.50 bits per heavy atom. The second-order valence-electron chi connectivity index (χ2n) is 8.15. The first-order valence-corrected chi connectivity index (χ1v) is 10.8. The van der Waals surface area contributed by atoms with Gasteiger partial charge in [-0.2, -0.15) is 0 Å². The van der Waals surface area contributed by atoms with Crippen LogP contribution in [0.2, 0.25) is 0 Å². The lowest BCUT2D eigenvalue weighted by Crippen LogP contribution is -2.29. The molecular formula is C26H23NO7. The average molecular weight is 461 g/mol. The molecule has 2 aromatic carbocycles. The molecule has 34 heavy (non-hydrogen) atoms. The minimum absolute atomic E-state index is 0.0532. The molecule has 3 aromatic rings. The van der Waals surface area contributed by atoms with Crippen LogP contribution in [-0.2, 0) is 9.59 Å². The first-order chi connectivity index (χ1) is 16.4. The highest BCUT2D eigenvalue weighted by molar-refractivity contribution is 6.51. The van der Waals surface area contributed by atoms with E-state index in [1.165, 1.54) is 11.2 Å². The number of nitrogens with zero attached hydrogens (tertiary/aromatic N) is 1. The van der Waals surface area contributed by atoms with Gasteiger partial charge in [-0.3, -0.25) is 14.5 Å². The number of carbonyl (C=O) groups excluding carboxylic acids is 2. The Kier molecular flexibility index (Phi) is 5.28. The molecule has 1 unspecified atom stereocenters. The molecule has 1 amide bonds. The Balaban J connectivity index is 1.69. The molecule has 0 bridgehead atoms. The highest BCUT2D eigenvalue weighted by atomic mass is 16.6. The van der Waals surface area contributed by atoms with Crippen LogP contribution < -0.4 is 19.1 Å². The molecule has 1 saturated heterocycles. The zero-order chi connectivity index (χ0) is 24.0. The van der Waals surface area contributed by atoms with Gasteiger partial charge in [0.25, 0.3) is 11.7 Å². The second kappa shape index (κ2) is 8.30. The highest BCUT2D eigenvalue weighted by Gasteiger charge is 2.48. The molecule has 1 fully saturated rings. The minimum atomic E-state index is -0.959. The number of benzene rings is 2. The molecule has 0 spiro atoms. The Morgan fingerprint density at radius 1 is 1.03 bits per heavy atom. The molecule has 8 nitrogen and oxygen atoms in total. The molecule has 174 valence electrons. The zero-order valence-electron chi connectivity index (χ0n) is 19.0. The number of ketones is 1. The lowest BCUT2D eigenvalue weighted by Gasteiger charge is -2.25. The number of carbonyl (C=O) groups is 2. The number of furan rings is 1. The largest absolute Gasteiger partial charge is 0.507 e. The first-order valence-electron chi connectivity index (χ1n) is 10.8. The molecule has 0 saturated carbocycles. The minimum Gasteiger partial charge on any atom is -0.507 e. The number of Topliss-reactive ketones (excluding diaryl/α,β-unsaturated/α-hetero) is 1. The number of aliphatic hydroxyl groups is 1. The zero-order valence-corrected chi connectivity index (χ0v) is 19.0. The lowest BCUT2D eigenvalue weighted by molar-refractivity contribution is -0.132. The molecular weight excluding hydrogens is 438 g/mol. The summed E-state index contributed by atoms with van der Waals surface area (Å²) in [6.45, 7) is 4.46. The predicted octanol–water partition coefficient (Wildman–Crippen LogP) is 4.30. The van der Waals surface area contributed by atoms with Gasteiger partial charge in [-0.05, 0) is 61.4 Å². The summed E-state index contributed by atoms with van der Waals surface area (Å²) in [5, 5.41) is 11.4. The van der Waals surface area contributed by atoms with Gasteiger partial charge >= 0.3 is 0 Å². The van der Waals surface area contributed by atoms with Crippen LogP contribution in [-0.4, -0.2) is 37.1 Å². The van der Waals surface area contributed by atoms with Crippen LogP contribution in [0.15, 0.2) is 58.7 Å². The maximum Gasteiger partial charge on any atom is 0.300 e. The third-order valence-corrected chi connectivity index (χ3v) is 6.06. The number of amides is 1. The fourth-order valence-electron chi connectivity index (χ4n) is 4.41. The van der Waals surface area contributed by atoms with Gasteiger partial charge < -0.3 is 23.7 Å². The highest BCUT2D eigenvalue weighted by Crippen LogP contribution is 2.45. The van der Waals surface area contributed by atoms with Crippen LogP contribution in [0.25, 0.3) is 5.76 Å². The molecule has 8 heteroatoms. The van der Waals surface area contributed by atoms with Crippen molar-refractivity contribution in [3.8, 4) is 17.2 Å². The average Bonchev–Trinajstić information content (AvgIpc) is 3.46. The summed E-state index contributed by atoms with van der Waals surface area (Å²) in [4.78, 5) is 27.9. The molecule has 1 atom stereocenters. The third-order valence-electron chi connectivity index (χ3n) is 6.06. The number of fused-ring (bicyclic) bond motifs is 1. The van der Waals surface area contributed by atoms with Gasteiger partial charge in [-0.25, -0.2) is 0 Å². The number of anilines is 1. The maximum absolute atomic E-state index is 13.3. The lowest BCUT2D eigenvalue weighted by atomic mass is 9.95. The molecule has 1 aromatic heterocycles. The van der Waals surface area contributed by atoms with Crippen molar-refractivity contribution < 1.29 is 33.3 Å². The van der Waals surface area contributed by atoms with E-state index < -0.39 is 17.7 Å². The number of methoxy groups -OCH3 is 1. The summed E-state index contributed by atoms with van der Waals surface area (Å²) >= 11 is 0. The van der Waals surface area contributed by atoms with Gasteiger partial charge in [0.1, 0.15) is 36.5 Å². The summed E-state index contributed by atoms with van der Waals surface area (Å²) in [5.74, 6) is 0.190. The number of ether oxygens (including phenoxy) is 3. The number of hydrogen-bond donors (Lipinski definition) is 1. The van der Waals surface area contributed by atoms with Crippen LogP contribution in [0.5, 0.6) is 17.2 Å². The topological polar surface area (TPSA) is 98.4 Å². The molecule has 0 aliphatic carbocycles. The van der Waals surface area contributed by atoms with Crippen molar-refractivity contribution in [2.45, 2.75) is 19.9 Å². The van der Waals surface area contributed by atoms with Gasteiger partial charge in [-0.15, -0.1) is 0 Å². The Labute approximate surface area is 196 Å². The van der Waals surface area contributed by atoms with Crippen molar-refractivity contribution in [1.82, 2.24) is 0 Å². The van der Waals surface area contributed by atoms with E-state index in [0.29, 0.717) is 53.0 Å². The molecule has 0 radical (unpaired) electrons. The van der Waals surface area contributed by atoms with Crippen LogP contribution in [0.1, 0.15) is 28.5 Å². The predicted molar refractivity (Wildman–Crippen MR) is 123 cm³/mol. The van der Waals surface area contributed by atoms with Crippen LogP contribution in [0.3, 0.4) is 0 Å². The van der Waals surface area contributed by atoms with Gasteiger partial charge in [0.2, 0.25) is 0 Å². The fraction of sp³-hybridized carbons (Fsp3) is 0.231. The summed E-state index contributed by atoms with van der Waals surface area (Å²) in [6.07, 6.45) is 1.46. The molecule has 2 aliphatic heterocycles. The van der Waals surface area contributed by atoms with Crippen molar-refractivity contribution in [3.63, 3.8) is 0 Å². The first kappa shape index (κ1) is 21.6. The van der Waals surface area contributed by atoms with Crippen molar-refractivity contribution in [2.24, 2.45) is 0 Å². The Morgan fingerprint density at radius 2 is 1.79 bits per heavy atom. The number of hydrogen-bond acceptors (Lipinski definition) is 7. The third kappa shape index (κ3) is 3.39. The van der Waals surface area contributed by atoms with Crippen LogP contribution in [0.4, 0.5) is 5.69 Å². The van der Waals surface area contributed by atoms with E-state index in [1.807, 2.05) is 6.92 Å². The van der Waals surface area contributed by atoms with Gasteiger partial charge in [0.15, 0.2) is 11.5 Å². The van der Waals surface area contributed by atoms with E-state index in [1.54, 1.807) is 56.5 Å². The Bertz CT molecular complexity index is 1320. The van der Waals surface area contributed by atoms with E-state index in [0.717, 1.165) is 5.56 Å². The normalized spacial score (nSPS) is 18.9. The van der Waals surface area contributed by atoms with E-state index in [4.69, 9.17) is 18.6 Å². The van der Waals surface area contributed by atoms with E-state index in [9.17, 15) is 14.7 Å². The van der Waals surface area contributed by atoms with E-state index in [2.05, 4.69) is 0 Å². The fourth-order valence-corrected chi connectivity index (χ4v) is 4.41. The van der Waals surface area contributed by atoms with Crippen molar-refractivity contribution >= 4 is 23.1 Å². The SMILES string of the molecule is COc1cc(C)c(/C(O)=C2/C(=O)C(=O)N(c3ccc4c(c3)OCCO4)C2c2ccco2)cc1C. The standard InChI is InChI=1S/C26H23NO7/c1-14-12-20(31-3)15(2)11-17(14)24(28)22-23(19-5-4-8-32-19)27(26(30)25(22)29)16-6-7-18-21(13-16)34-10-9-33-18/h4-8,11-13,23,28H,9-10H2,1-3H3/b24-22-. The van der Waals surface area contributed by atoms with Gasteiger partial charge in [0, 0.05) is 17.3 Å².